The maximum absolute atomic E-state index is 12.1. The predicted molar refractivity (Wildman–Crippen MR) is 95.7 cm³/mol. The third-order valence-electron chi connectivity index (χ3n) is 5.99. The van der Waals surface area contributed by atoms with E-state index in [2.05, 4.69) is 4.90 Å². The third-order valence-corrected chi connectivity index (χ3v) is 5.99. The molecule has 0 aromatic heterocycles. The van der Waals surface area contributed by atoms with Crippen molar-refractivity contribution in [1.82, 2.24) is 9.80 Å². The SMILES string of the molecule is COc1ccc(CN2CCC3(CC2)C(C(=O)O)CC(=O)N3C)cc1C(=O)O. The van der Waals surface area contributed by atoms with Crippen molar-refractivity contribution in [3.63, 3.8) is 0 Å². The Hall–Kier alpha value is -2.61. The molecule has 0 bridgehead atoms. The van der Waals surface area contributed by atoms with Crippen LogP contribution in [0, 0.1) is 5.92 Å². The fourth-order valence-corrected chi connectivity index (χ4v) is 4.36. The van der Waals surface area contributed by atoms with E-state index in [1.807, 2.05) is 6.07 Å². The monoisotopic (exact) mass is 376 g/mol. The number of benzene rings is 1. The summed E-state index contributed by atoms with van der Waals surface area (Å²) in [5.74, 6) is -2.42. The first-order valence-corrected chi connectivity index (χ1v) is 8.90. The van der Waals surface area contributed by atoms with Gasteiger partial charge in [0.15, 0.2) is 0 Å². The van der Waals surface area contributed by atoms with Crippen LogP contribution in [0.15, 0.2) is 18.2 Å². The van der Waals surface area contributed by atoms with Gasteiger partial charge >= 0.3 is 11.9 Å². The number of aromatic carboxylic acids is 1. The average molecular weight is 376 g/mol. The van der Waals surface area contributed by atoms with Gasteiger partial charge in [-0.25, -0.2) is 4.79 Å². The van der Waals surface area contributed by atoms with Gasteiger partial charge in [-0.15, -0.1) is 0 Å². The van der Waals surface area contributed by atoms with Crippen molar-refractivity contribution in [3.8, 4) is 5.75 Å². The molecule has 1 aromatic carbocycles. The molecule has 0 aliphatic carbocycles. The third kappa shape index (κ3) is 3.37. The Balaban J connectivity index is 1.71. The molecule has 27 heavy (non-hydrogen) atoms. The maximum Gasteiger partial charge on any atom is 0.339 e. The Morgan fingerprint density at radius 3 is 2.48 bits per heavy atom. The Labute approximate surface area is 157 Å². The topological polar surface area (TPSA) is 107 Å². The van der Waals surface area contributed by atoms with Crippen molar-refractivity contribution in [2.45, 2.75) is 31.3 Å². The Morgan fingerprint density at radius 2 is 1.93 bits per heavy atom. The van der Waals surface area contributed by atoms with Crippen molar-refractivity contribution in [2.75, 3.05) is 27.2 Å². The van der Waals surface area contributed by atoms with Crippen LogP contribution in [0.3, 0.4) is 0 Å². The van der Waals surface area contributed by atoms with Crippen molar-refractivity contribution >= 4 is 17.8 Å². The van der Waals surface area contributed by atoms with Gasteiger partial charge in [0.2, 0.25) is 5.91 Å². The van der Waals surface area contributed by atoms with E-state index < -0.39 is 23.4 Å². The summed E-state index contributed by atoms with van der Waals surface area (Å²) < 4.78 is 5.08. The number of ether oxygens (including phenoxy) is 1. The normalized spacial score (nSPS) is 22.2. The molecule has 8 heteroatoms. The number of amides is 1. The van der Waals surface area contributed by atoms with E-state index in [0.29, 0.717) is 38.2 Å². The second-order valence-corrected chi connectivity index (χ2v) is 7.27. The predicted octanol–water partition coefficient (Wildman–Crippen LogP) is 1.29. The molecule has 1 amide bonds. The molecule has 146 valence electrons. The molecule has 3 rings (SSSR count). The molecule has 1 unspecified atom stereocenters. The van der Waals surface area contributed by atoms with Crippen LogP contribution in [0.1, 0.15) is 35.2 Å². The van der Waals surface area contributed by atoms with E-state index in [4.69, 9.17) is 4.74 Å². The summed E-state index contributed by atoms with van der Waals surface area (Å²) in [5.41, 5.74) is 0.358. The summed E-state index contributed by atoms with van der Waals surface area (Å²) in [7, 11) is 3.13. The molecule has 1 atom stereocenters. The highest BCUT2D eigenvalue weighted by Crippen LogP contribution is 2.43. The number of likely N-dealkylation sites (tertiary alicyclic amines) is 2. The zero-order valence-electron chi connectivity index (χ0n) is 15.5. The molecule has 2 aliphatic heterocycles. The fourth-order valence-electron chi connectivity index (χ4n) is 4.36. The molecule has 2 heterocycles. The lowest BCUT2D eigenvalue weighted by atomic mass is 9.77. The minimum atomic E-state index is -1.04. The van der Waals surface area contributed by atoms with Gasteiger partial charge in [0.1, 0.15) is 11.3 Å². The van der Waals surface area contributed by atoms with Crippen LogP contribution in [0.2, 0.25) is 0 Å². The molecule has 1 spiro atoms. The van der Waals surface area contributed by atoms with Gasteiger partial charge in [0.05, 0.1) is 18.6 Å². The first-order chi connectivity index (χ1) is 12.8. The smallest absolute Gasteiger partial charge is 0.339 e. The Kier molecular flexibility index (Phi) is 5.10. The molecule has 0 saturated carbocycles. The number of rotatable bonds is 5. The number of aliphatic carboxylic acids is 1. The minimum absolute atomic E-state index is 0.0618. The first kappa shape index (κ1) is 19.2. The molecule has 2 aliphatic rings. The van der Waals surface area contributed by atoms with E-state index in [1.54, 1.807) is 24.1 Å². The van der Waals surface area contributed by atoms with E-state index in [1.165, 1.54) is 7.11 Å². The van der Waals surface area contributed by atoms with E-state index in [-0.39, 0.29) is 17.9 Å². The summed E-state index contributed by atoms with van der Waals surface area (Å²) in [5, 5.41) is 18.9. The standard InChI is InChI=1S/C19H24N2O6/c1-20-16(22)10-14(18(25)26)19(20)5-7-21(8-6-19)11-12-3-4-15(27-2)13(9-12)17(23)24/h3-4,9,14H,5-8,10-11H2,1-2H3,(H,23,24)(H,25,26). The highest BCUT2D eigenvalue weighted by Gasteiger charge is 2.55. The minimum Gasteiger partial charge on any atom is -0.496 e. The van der Waals surface area contributed by atoms with E-state index in [0.717, 1.165) is 5.56 Å². The highest BCUT2D eigenvalue weighted by molar-refractivity contribution is 5.91. The van der Waals surface area contributed by atoms with Gasteiger partial charge in [0.25, 0.3) is 0 Å². The zero-order chi connectivity index (χ0) is 19.8. The van der Waals surface area contributed by atoms with Crippen LogP contribution in [-0.2, 0) is 16.1 Å². The maximum atomic E-state index is 12.1. The number of carboxylic acids is 2. The number of hydrogen-bond donors (Lipinski definition) is 2. The molecule has 8 nitrogen and oxygen atoms in total. The summed E-state index contributed by atoms with van der Waals surface area (Å²) in [6, 6.07) is 5.09. The van der Waals surface area contributed by atoms with Crippen LogP contribution in [0.5, 0.6) is 5.75 Å². The Morgan fingerprint density at radius 1 is 1.26 bits per heavy atom. The van der Waals surface area contributed by atoms with Crippen LogP contribution < -0.4 is 4.74 Å². The Bertz CT molecular complexity index is 769. The van der Waals surface area contributed by atoms with E-state index >= 15 is 0 Å². The van der Waals surface area contributed by atoms with Crippen LogP contribution in [-0.4, -0.2) is 70.6 Å². The molecular weight excluding hydrogens is 352 g/mol. The van der Waals surface area contributed by atoms with Gasteiger partial charge in [-0.05, 0) is 30.5 Å². The molecule has 0 radical (unpaired) electrons. The molecular formula is C19H24N2O6. The second-order valence-electron chi connectivity index (χ2n) is 7.27. The van der Waals surface area contributed by atoms with Crippen molar-refractivity contribution in [3.05, 3.63) is 29.3 Å². The van der Waals surface area contributed by atoms with Crippen LogP contribution >= 0.6 is 0 Å². The number of nitrogens with zero attached hydrogens (tertiary/aromatic N) is 2. The van der Waals surface area contributed by atoms with Gasteiger partial charge < -0.3 is 19.8 Å². The first-order valence-electron chi connectivity index (χ1n) is 8.90. The zero-order valence-corrected chi connectivity index (χ0v) is 15.5. The number of carboxylic acid groups (broad SMARTS) is 2. The number of methoxy groups -OCH3 is 1. The number of carbonyl (C=O) groups excluding carboxylic acids is 1. The van der Waals surface area contributed by atoms with Crippen molar-refractivity contribution < 1.29 is 29.3 Å². The van der Waals surface area contributed by atoms with Crippen molar-refractivity contribution in [2.24, 2.45) is 5.92 Å². The quantitative estimate of drug-likeness (QED) is 0.797. The van der Waals surface area contributed by atoms with E-state index in [9.17, 15) is 24.6 Å². The van der Waals surface area contributed by atoms with Gasteiger partial charge in [-0.2, -0.15) is 0 Å². The van der Waals surface area contributed by atoms with Gasteiger partial charge in [-0.3, -0.25) is 14.5 Å². The lowest BCUT2D eigenvalue weighted by Crippen LogP contribution is -2.55. The number of carbonyl (C=O) groups is 3. The van der Waals surface area contributed by atoms with Gasteiger partial charge in [0, 0.05) is 33.1 Å². The summed E-state index contributed by atoms with van der Waals surface area (Å²) in [6.07, 6.45) is 1.24. The number of hydrogen-bond acceptors (Lipinski definition) is 5. The van der Waals surface area contributed by atoms with Crippen molar-refractivity contribution in [1.29, 1.82) is 0 Å². The lowest BCUT2D eigenvalue weighted by molar-refractivity contribution is -0.146. The molecule has 2 fully saturated rings. The highest BCUT2D eigenvalue weighted by atomic mass is 16.5. The molecule has 2 N–H and O–H groups in total. The average Bonchev–Trinajstić information content (AvgIpc) is 2.89. The summed E-state index contributed by atoms with van der Waals surface area (Å²) in [4.78, 5) is 38.9. The summed E-state index contributed by atoms with van der Waals surface area (Å²) >= 11 is 0. The van der Waals surface area contributed by atoms with Gasteiger partial charge in [-0.1, -0.05) is 6.07 Å². The van der Waals surface area contributed by atoms with Crippen LogP contribution in [0.25, 0.3) is 0 Å². The molecule has 1 aromatic rings. The van der Waals surface area contributed by atoms with Crippen LogP contribution in [0.4, 0.5) is 0 Å². The largest absolute Gasteiger partial charge is 0.496 e. The lowest BCUT2D eigenvalue weighted by Gasteiger charge is -2.45. The molecule has 2 saturated heterocycles. The number of piperidine rings is 1. The fraction of sp³-hybridized carbons (Fsp3) is 0.526. The second kappa shape index (κ2) is 7.19. The summed E-state index contributed by atoms with van der Waals surface area (Å²) in [6.45, 7) is 1.86.